The first-order valence-corrected chi connectivity index (χ1v) is 10.5. The maximum Gasteiger partial charge on any atom is 0.317 e. The van der Waals surface area contributed by atoms with Gasteiger partial charge >= 0.3 is 6.03 Å². The summed E-state index contributed by atoms with van der Waals surface area (Å²) < 4.78 is 5.27. The van der Waals surface area contributed by atoms with Gasteiger partial charge in [0.2, 0.25) is 0 Å². The number of methoxy groups -OCH3 is 1. The van der Waals surface area contributed by atoms with Crippen LogP contribution in [-0.4, -0.2) is 50.0 Å². The van der Waals surface area contributed by atoms with Crippen LogP contribution in [0.3, 0.4) is 0 Å². The van der Waals surface area contributed by atoms with Crippen LogP contribution < -0.4 is 15.0 Å². The normalized spacial score (nSPS) is 13.9. The Balaban J connectivity index is 1.30. The first-order chi connectivity index (χ1) is 15.0. The molecule has 0 spiro atoms. The molecule has 1 heterocycles. The molecule has 1 N–H and O–H groups in total. The molecule has 1 aliphatic rings. The Bertz CT molecular complexity index is 1090. The predicted molar refractivity (Wildman–Crippen MR) is 123 cm³/mol. The van der Waals surface area contributed by atoms with Gasteiger partial charge in [0, 0.05) is 44.0 Å². The van der Waals surface area contributed by atoms with Crippen LogP contribution in [0, 0.1) is 0 Å². The SMILES string of the molecule is COc1ccc2cc(CNC(=O)N3CCN(c4ccc(C(C)=O)cc4)CC3)ccc2c1. The third-order valence-corrected chi connectivity index (χ3v) is 5.76. The highest BCUT2D eigenvalue weighted by molar-refractivity contribution is 5.94. The molecule has 6 heteroatoms. The fraction of sp³-hybridized carbons (Fsp3) is 0.280. The summed E-state index contributed by atoms with van der Waals surface area (Å²) in [4.78, 5) is 28.2. The largest absolute Gasteiger partial charge is 0.497 e. The summed E-state index contributed by atoms with van der Waals surface area (Å²) >= 11 is 0. The van der Waals surface area contributed by atoms with Crippen molar-refractivity contribution in [3.05, 3.63) is 71.8 Å². The number of nitrogens with one attached hydrogen (secondary N) is 1. The summed E-state index contributed by atoms with van der Waals surface area (Å²) in [5, 5.41) is 5.27. The van der Waals surface area contributed by atoms with Gasteiger partial charge in [-0.3, -0.25) is 4.79 Å². The number of nitrogens with zero attached hydrogens (tertiary/aromatic N) is 2. The third kappa shape index (κ3) is 4.79. The van der Waals surface area contributed by atoms with Gasteiger partial charge in [-0.25, -0.2) is 4.79 Å². The van der Waals surface area contributed by atoms with E-state index in [1.807, 2.05) is 53.4 Å². The van der Waals surface area contributed by atoms with E-state index in [4.69, 9.17) is 4.74 Å². The Hall–Kier alpha value is -3.54. The maximum atomic E-state index is 12.6. The quantitative estimate of drug-likeness (QED) is 0.636. The maximum absolute atomic E-state index is 12.6. The number of rotatable bonds is 5. The number of Topliss-reactive ketones (excluding diaryl/α,β-unsaturated/α-hetero) is 1. The number of piperazine rings is 1. The minimum atomic E-state index is -0.0404. The third-order valence-electron chi connectivity index (χ3n) is 5.76. The van der Waals surface area contributed by atoms with Gasteiger partial charge in [0.05, 0.1) is 7.11 Å². The van der Waals surface area contributed by atoms with Gasteiger partial charge < -0.3 is 19.9 Å². The van der Waals surface area contributed by atoms with E-state index in [1.165, 1.54) is 0 Å². The lowest BCUT2D eigenvalue weighted by Gasteiger charge is -2.36. The van der Waals surface area contributed by atoms with Crippen molar-refractivity contribution in [1.29, 1.82) is 0 Å². The number of carbonyl (C=O) groups excluding carboxylic acids is 2. The average Bonchev–Trinajstić information content (AvgIpc) is 2.82. The molecule has 160 valence electrons. The van der Waals surface area contributed by atoms with Crippen LogP contribution in [0.25, 0.3) is 10.8 Å². The Morgan fingerprint density at radius 2 is 1.58 bits per heavy atom. The van der Waals surface area contributed by atoms with Gasteiger partial charge in [-0.1, -0.05) is 18.2 Å². The van der Waals surface area contributed by atoms with Crippen LogP contribution in [0.4, 0.5) is 10.5 Å². The molecule has 3 aromatic rings. The number of benzene rings is 3. The summed E-state index contributed by atoms with van der Waals surface area (Å²) in [5.41, 5.74) is 2.86. The van der Waals surface area contributed by atoms with E-state index >= 15 is 0 Å². The van der Waals surface area contributed by atoms with E-state index in [0.29, 0.717) is 19.6 Å². The van der Waals surface area contributed by atoms with E-state index in [1.54, 1.807) is 14.0 Å². The fourth-order valence-electron chi connectivity index (χ4n) is 3.87. The molecule has 0 aromatic heterocycles. The van der Waals surface area contributed by atoms with Gasteiger partial charge in [0.15, 0.2) is 5.78 Å². The van der Waals surface area contributed by atoms with Crippen molar-refractivity contribution >= 4 is 28.3 Å². The second-order valence-corrected chi connectivity index (χ2v) is 7.78. The highest BCUT2D eigenvalue weighted by atomic mass is 16.5. The second-order valence-electron chi connectivity index (χ2n) is 7.78. The molecule has 0 atom stereocenters. The molecular formula is C25H27N3O3. The topological polar surface area (TPSA) is 61.9 Å². The van der Waals surface area contributed by atoms with Gasteiger partial charge in [-0.2, -0.15) is 0 Å². The summed E-state index contributed by atoms with van der Waals surface area (Å²) in [6.07, 6.45) is 0. The number of ketones is 1. The zero-order valence-electron chi connectivity index (χ0n) is 17.9. The first kappa shape index (κ1) is 20.7. The molecule has 0 unspecified atom stereocenters. The van der Waals surface area contributed by atoms with Crippen LogP contribution in [0.15, 0.2) is 60.7 Å². The van der Waals surface area contributed by atoms with Crippen LogP contribution >= 0.6 is 0 Å². The molecule has 0 aliphatic carbocycles. The van der Waals surface area contributed by atoms with Crippen molar-refractivity contribution in [2.24, 2.45) is 0 Å². The van der Waals surface area contributed by atoms with Crippen LogP contribution in [0.1, 0.15) is 22.8 Å². The zero-order valence-corrected chi connectivity index (χ0v) is 17.9. The molecule has 0 radical (unpaired) electrons. The zero-order chi connectivity index (χ0) is 21.8. The van der Waals surface area contributed by atoms with Crippen molar-refractivity contribution in [3.63, 3.8) is 0 Å². The van der Waals surface area contributed by atoms with E-state index in [2.05, 4.69) is 22.3 Å². The predicted octanol–water partition coefficient (Wildman–Crippen LogP) is 4.08. The van der Waals surface area contributed by atoms with E-state index < -0.39 is 0 Å². The summed E-state index contributed by atoms with van der Waals surface area (Å²) in [5.74, 6) is 0.904. The minimum Gasteiger partial charge on any atom is -0.497 e. The van der Waals surface area contributed by atoms with Gasteiger partial charge in [-0.15, -0.1) is 0 Å². The number of hydrogen-bond acceptors (Lipinski definition) is 4. The average molecular weight is 418 g/mol. The van der Waals surface area contributed by atoms with E-state index in [9.17, 15) is 9.59 Å². The Morgan fingerprint density at radius 1 is 0.903 bits per heavy atom. The summed E-state index contributed by atoms with van der Waals surface area (Å²) in [6, 6.07) is 19.8. The second kappa shape index (κ2) is 9.08. The van der Waals surface area contributed by atoms with Crippen molar-refractivity contribution in [2.45, 2.75) is 13.5 Å². The number of carbonyl (C=O) groups is 2. The van der Waals surface area contributed by atoms with Crippen molar-refractivity contribution in [3.8, 4) is 5.75 Å². The molecule has 6 nitrogen and oxygen atoms in total. The van der Waals surface area contributed by atoms with Gasteiger partial charge in [0.25, 0.3) is 0 Å². The van der Waals surface area contributed by atoms with Gasteiger partial charge in [0.1, 0.15) is 5.75 Å². The molecule has 31 heavy (non-hydrogen) atoms. The Labute approximate surface area is 182 Å². The molecule has 4 rings (SSSR count). The molecule has 0 saturated carbocycles. The number of urea groups is 1. The molecule has 1 fully saturated rings. The summed E-state index contributed by atoms with van der Waals surface area (Å²) in [7, 11) is 1.66. The molecule has 1 aliphatic heterocycles. The smallest absolute Gasteiger partial charge is 0.317 e. The number of anilines is 1. The Kier molecular flexibility index (Phi) is 6.07. The number of fused-ring (bicyclic) bond motifs is 1. The lowest BCUT2D eigenvalue weighted by molar-refractivity contribution is 0.101. The van der Waals surface area contributed by atoms with E-state index in [-0.39, 0.29) is 11.8 Å². The standard InChI is InChI=1S/C25H27N3O3/c1-18(29)20-5-8-23(9-6-20)27-11-13-28(14-12-27)25(30)26-17-19-3-4-22-16-24(31-2)10-7-21(22)15-19/h3-10,15-16H,11-14,17H2,1-2H3,(H,26,30). The Morgan fingerprint density at radius 3 is 2.26 bits per heavy atom. The number of ether oxygens (including phenoxy) is 1. The van der Waals surface area contributed by atoms with Crippen molar-refractivity contribution in [2.75, 3.05) is 38.2 Å². The van der Waals surface area contributed by atoms with E-state index in [0.717, 1.165) is 46.4 Å². The molecule has 0 bridgehead atoms. The lowest BCUT2D eigenvalue weighted by atomic mass is 10.1. The minimum absolute atomic E-state index is 0.0404. The van der Waals surface area contributed by atoms with Crippen LogP contribution in [-0.2, 0) is 6.54 Å². The van der Waals surface area contributed by atoms with Crippen LogP contribution in [0.2, 0.25) is 0 Å². The monoisotopic (exact) mass is 417 g/mol. The molecule has 3 aromatic carbocycles. The van der Waals surface area contributed by atoms with Crippen molar-refractivity contribution < 1.29 is 14.3 Å². The fourth-order valence-corrected chi connectivity index (χ4v) is 3.87. The first-order valence-electron chi connectivity index (χ1n) is 10.5. The van der Waals surface area contributed by atoms with Crippen LogP contribution in [0.5, 0.6) is 5.75 Å². The highest BCUT2D eigenvalue weighted by Crippen LogP contribution is 2.22. The lowest BCUT2D eigenvalue weighted by Crippen LogP contribution is -2.51. The van der Waals surface area contributed by atoms with Crippen molar-refractivity contribution in [1.82, 2.24) is 10.2 Å². The molecule has 1 saturated heterocycles. The highest BCUT2D eigenvalue weighted by Gasteiger charge is 2.21. The summed E-state index contributed by atoms with van der Waals surface area (Å²) in [6.45, 7) is 4.93. The number of amides is 2. The number of hydrogen-bond donors (Lipinski definition) is 1. The van der Waals surface area contributed by atoms with Gasteiger partial charge in [-0.05, 0) is 65.7 Å². The molecular weight excluding hydrogens is 390 g/mol. The molecule has 2 amide bonds.